The molecule has 0 aliphatic heterocycles. The van der Waals surface area contributed by atoms with Gasteiger partial charge >= 0.3 is 0 Å². The van der Waals surface area contributed by atoms with Crippen LogP contribution in [0.25, 0.3) is 44.3 Å². The fraction of sp³-hybridized carbons (Fsp3) is 0.0625. The van der Waals surface area contributed by atoms with E-state index in [2.05, 4.69) is 92.6 Å². The van der Waals surface area contributed by atoms with Crippen LogP contribution in [0.1, 0.15) is 5.56 Å². The largest absolute Gasteiger partial charge is 0.508 e. The van der Waals surface area contributed by atoms with E-state index in [9.17, 15) is 0 Å². The van der Waals surface area contributed by atoms with E-state index in [1.807, 2.05) is 55.7 Å². The maximum Gasteiger partial charge on any atom is 0.188 e. The van der Waals surface area contributed by atoms with E-state index in [1.165, 1.54) is 0 Å². The summed E-state index contributed by atoms with van der Waals surface area (Å²) < 4.78 is 12.7. The molecule has 0 unspecified atom stereocenters. The second-order valence-corrected chi connectivity index (χ2v) is 9.22. The molecule has 0 saturated carbocycles. The van der Waals surface area contributed by atoms with Gasteiger partial charge in [0, 0.05) is 69.1 Å². The van der Waals surface area contributed by atoms with Gasteiger partial charge < -0.3 is 9.30 Å². The Bertz CT molecular complexity index is 1950. The number of aryl methyl sites for hydroxylation is 2. The van der Waals surface area contributed by atoms with Crippen LogP contribution in [-0.4, -0.2) is 18.7 Å². The van der Waals surface area contributed by atoms with Gasteiger partial charge in [0.15, 0.2) is 17.4 Å². The second kappa shape index (κ2) is 9.59. The predicted octanol–water partition coefficient (Wildman–Crippen LogP) is 7.44. The van der Waals surface area contributed by atoms with Crippen molar-refractivity contribution in [1.82, 2.24) is 18.7 Å². The molecule has 0 radical (unpaired) electrons. The van der Waals surface area contributed by atoms with Gasteiger partial charge in [0.05, 0.1) is 0 Å². The van der Waals surface area contributed by atoms with Crippen LogP contribution in [0.2, 0.25) is 0 Å². The van der Waals surface area contributed by atoms with Crippen LogP contribution in [0.5, 0.6) is 11.5 Å². The molecule has 0 atom stereocenters. The number of hydrogen-bond acceptors (Lipinski definition) is 2. The van der Waals surface area contributed by atoms with Crippen LogP contribution in [0.3, 0.4) is 0 Å². The van der Waals surface area contributed by atoms with Crippen LogP contribution >= 0.6 is 0 Å². The van der Waals surface area contributed by atoms with E-state index in [1.54, 1.807) is 0 Å². The molecule has 3 aromatic heterocycles. The van der Waals surface area contributed by atoms with E-state index in [0.717, 1.165) is 49.9 Å². The SMILES string of the molecule is Cc1ccnc(-n2c3[c-]c(Oc4[c-]c(-n5[cH+]n(C)c6ccccc65)ccc4)ccc3c3ccccc32)c1.[Pt]. The molecule has 0 fully saturated rings. The zero-order chi connectivity index (χ0) is 24.9. The van der Waals surface area contributed by atoms with Gasteiger partial charge in [-0.2, -0.15) is 12.1 Å². The summed E-state index contributed by atoms with van der Waals surface area (Å²) in [6, 6.07) is 37.7. The second-order valence-electron chi connectivity index (χ2n) is 9.22. The molecule has 0 aliphatic rings. The van der Waals surface area contributed by atoms with Crippen LogP contribution in [0.4, 0.5) is 0 Å². The minimum absolute atomic E-state index is 0. The Morgan fingerprint density at radius 2 is 1.53 bits per heavy atom. The summed E-state index contributed by atoms with van der Waals surface area (Å²) in [4.78, 5) is 4.66. The minimum Gasteiger partial charge on any atom is -0.508 e. The van der Waals surface area contributed by atoms with Crippen molar-refractivity contribution in [2.45, 2.75) is 6.92 Å². The van der Waals surface area contributed by atoms with Crippen molar-refractivity contribution < 1.29 is 25.8 Å². The first-order chi connectivity index (χ1) is 18.2. The number of hydrogen-bond donors (Lipinski definition) is 0. The quantitative estimate of drug-likeness (QED) is 0.182. The normalized spacial score (nSPS) is 11.2. The number of para-hydroxylation sites is 3. The number of rotatable bonds is 4. The molecule has 188 valence electrons. The van der Waals surface area contributed by atoms with Gasteiger partial charge in [-0.05, 0) is 48.2 Å². The number of benzene rings is 4. The van der Waals surface area contributed by atoms with E-state index in [4.69, 9.17) is 4.74 Å². The summed E-state index contributed by atoms with van der Waals surface area (Å²) in [5, 5.41) is 2.26. The topological polar surface area (TPSA) is 36.9 Å². The number of nitrogens with zero attached hydrogens (tertiary/aromatic N) is 4. The van der Waals surface area contributed by atoms with Crippen molar-refractivity contribution in [3.05, 3.63) is 121 Å². The maximum atomic E-state index is 6.31. The van der Waals surface area contributed by atoms with Crippen LogP contribution in [0, 0.1) is 19.1 Å². The summed E-state index contributed by atoms with van der Waals surface area (Å²) in [6.45, 7) is 2.08. The average molecular weight is 675 g/mol. The zero-order valence-electron chi connectivity index (χ0n) is 20.8. The van der Waals surface area contributed by atoms with Gasteiger partial charge in [0.25, 0.3) is 0 Å². The fourth-order valence-corrected chi connectivity index (χ4v) is 5.02. The van der Waals surface area contributed by atoms with E-state index >= 15 is 0 Å². The molecule has 0 aliphatic carbocycles. The Morgan fingerprint density at radius 3 is 2.37 bits per heavy atom. The number of fused-ring (bicyclic) bond motifs is 4. The fourth-order valence-electron chi connectivity index (χ4n) is 5.02. The van der Waals surface area contributed by atoms with Crippen molar-refractivity contribution in [2.75, 3.05) is 0 Å². The molecule has 5 nitrogen and oxygen atoms in total. The molecule has 0 bridgehead atoms. The molecule has 38 heavy (non-hydrogen) atoms. The Kier molecular flexibility index (Phi) is 6.09. The van der Waals surface area contributed by atoms with Gasteiger partial charge in [-0.25, -0.2) is 14.1 Å². The van der Waals surface area contributed by atoms with Crippen molar-refractivity contribution in [3.63, 3.8) is 0 Å². The van der Waals surface area contributed by atoms with Crippen molar-refractivity contribution in [2.24, 2.45) is 7.05 Å². The first-order valence-corrected chi connectivity index (χ1v) is 12.2. The smallest absolute Gasteiger partial charge is 0.188 e. The third-order valence-corrected chi connectivity index (χ3v) is 6.73. The van der Waals surface area contributed by atoms with Crippen molar-refractivity contribution >= 4 is 32.8 Å². The predicted molar refractivity (Wildman–Crippen MR) is 148 cm³/mol. The molecule has 0 saturated heterocycles. The molecule has 0 spiro atoms. The minimum atomic E-state index is 0. The molecule has 6 heteroatoms. The van der Waals surface area contributed by atoms with E-state index in [0.29, 0.717) is 11.5 Å². The Morgan fingerprint density at radius 1 is 0.763 bits per heavy atom. The molecule has 4 aromatic carbocycles. The number of aromatic nitrogens is 4. The summed E-state index contributed by atoms with van der Waals surface area (Å²) in [5.41, 5.74) is 6.34. The van der Waals surface area contributed by atoms with Crippen molar-refractivity contribution in [3.8, 4) is 23.0 Å². The Labute approximate surface area is 234 Å². The van der Waals surface area contributed by atoms with Gasteiger partial charge in [0.2, 0.25) is 0 Å². The first-order valence-electron chi connectivity index (χ1n) is 12.2. The molecule has 0 amide bonds. The van der Waals surface area contributed by atoms with Gasteiger partial charge in [-0.3, -0.25) is 0 Å². The average Bonchev–Trinajstić information content (AvgIpc) is 3.43. The Balaban J connectivity index is 0.00000264. The summed E-state index contributed by atoms with van der Waals surface area (Å²) in [7, 11) is 2.05. The summed E-state index contributed by atoms with van der Waals surface area (Å²) in [6.07, 6.45) is 3.91. The maximum absolute atomic E-state index is 6.31. The Hall–Kier alpha value is -4.21. The van der Waals surface area contributed by atoms with Crippen LogP contribution in [0.15, 0.2) is 104 Å². The van der Waals surface area contributed by atoms with E-state index in [-0.39, 0.29) is 21.1 Å². The number of ether oxygens (including phenoxy) is 1. The summed E-state index contributed by atoms with van der Waals surface area (Å²) in [5.74, 6) is 2.12. The van der Waals surface area contributed by atoms with Gasteiger partial charge in [0.1, 0.15) is 5.82 Å². The monoisotopic (exact) mass is 674 g/mol. The molecule has 3 heterocycles. The molecule has 7 aromatic rings. The van der Waals surface area contributed by atoms with Gasteiger partial charge in [-0.1, -0.05) is 29.8 Å². The summed E-state index contributed by atoms with van der Waals surface area (Å²) >= 11 is 0. The van der Waals surface area contributed by atoms with Gasteiger partial charge in [-0.15, -0.1) is 29.7 Å². The standard InChI is InChI=1S/C32H23N4O.Pt/c1-22-16-17-33-32(18-22)36-28-11-4-3-10-26(28)27-15-14-25(20-31(27)36)37-24-9-7-8-23(19-24)35-21-34(2)29-12-5-6-13-30(29)35;/h3-18,21H,1-2H3;/q-1;. The first kappa shape index (κ1) is 24.1. The van der Waals surface area contributed by atoms with E-state index < -0.39 is 0 Å². The third kappa shape index (κ3) is 4.00. The number of pyridine rings is 1. The molecular formula is C32H23N4OPt-. The van der Waals surface area contributed by atoms with Crippen LogP contribution < -0.4 is 4.74 Å². The third-order valence-electron chi connectivity index (χ3n) is 6.73. The number of imidazole rings is 1. The molecular weight excluding hydrogens is 651 g/mol. The molecule has 7 rings (SSSR count). The molecule has 0 N–H and O–H groups in total. The van der Waals surface area contributed by atoms with Crippen LogP contribution in [-0.2, 0) is 28.1 Å². The van der Waals surface area contributed by atoms with Crippen molar-refractivity contribution in [1.29, 1.82) is 0 Å². The zero-order valence-corrected chi connectivity index (χ0v) is 23.1.